The van der Waals surface area contributed by atoms with Gasteiger partial charge in [0.25, 0.3) is 5.24 Å². The van der Waals surface area contributed by atoms with E-state index in [4.69, 9.17) is 11.6 Å². The maximum absolute atomic E-state index is 11.0. The Morgan fingerprint density at radius 1 is 1.38 bits per heavy atom. The molecule has 0 unspecified atom stereocenters. The van der Waals surface area contributed by atoms with Crippen LogP contribution in [0.4, 0.5) is 0 Å². The van der Waals surface area contributed by atoms with Crippen molar-refractivity contribution in [1.29, 1.82) is 0 Å². The fourth-order valence-corrected chi connectivity index (χ4v) is 2.54. The third-order valence-electron chi connectivity index (χ3n) is 2.20. The maximum Gasteiger partial charge on any atom is 0.264 e. The third-order valence-corrected chi connectivity index (χ3v) is 3.50. The van der Waals surface area contributed by atoms with Crippen molar-refractivity contribution >= 4 is 56.6 Å². The van der Waals surface area contributed by atoms with E-state index in [-0.39, 0.29) is 12.4 Å². The van der Waals surface area contributed by atoms with Crippen LogP contribution in [-0.4, -0.2) is 14.6 Å². The summed E-state index contributed by atoms with van der Waals surface area (Å²) in [7, 11) is 0. The monoisotopic (exact) mass is 272 g/mol. The molecule has 3 nitrogen and oxygen atoms in total. The summed E-state index contributed by atoms with van der Waals surface area (Å²) in [6.07, 6.45) is 1.73. The van der Waals surface area contributed by atoms with E-state index < -0.39 is 5.24 Å². The van der Waals surface area contributed by atoms with Gasteiger partial charge in [0, 0.05) is 6.20 Å². The summed E-state index contributed by atoms with van der Waals surface area (Å²) < 4.78 is 1.88. The maximum atomic E-state index is 11.0. The summed E-state index contributed by atoms with van der Waals surface area (Å²) in [4.78, 5) is 16.7. The summed E-state index contributed by atoms with van der Waals surface area (Å²) in [6.45, 7) is 0. The molecular weight excluding hydrogens is 267 g/mol. The van der Waals surface area contributed by atoms with Crippen LogP contribution in [0.5, 0.6) is 0 Å². The van der Waals surface area contributed by atoms with E-state index in [9.17, 15) is 4.79 Å². The molecule has 0 fully saturated rings. The SMILES string of the molecule is Cl.O=C(Cl)c1cn2c(nc3ccccc32)s1. The minimum absolute atomic E-state index is 0. The molecule has 0 radical (unpaired) electrons. The van der Waals surface area contributed by atoms with Crippen molar-refractivity contribution in [3.8, 4) is 0 Å². The zero-order valence-electron chi connectivity index (χ0n) is 7.88. The fraction of sp³-hybridized carbons (Fsp3) is 0. The molecule has 0 aliphatic heterocycles. The summed E-state index contributed by atoms with van der Waals surface area (Å²) in [5.41, 5.74) is 1.92. The number of aromatic nitrogens is 2. The van der Waals surface area contributed by atoms with Crippen LogP contribution in [0.15, 0.2) is 30.5 Å². The smallest absolute Gasteiger partial charge is 0.264 e. The van der Waals surface area contributed by atoms with Crippen molar-refractivity contribution in [2.45, 2.75) is 0 Å². The molecule has 3 rings (SSSR count). The molecule has 0 amide bonds. The van der Waals surface area contributed by atoms with Gasteiger partial charge in [-0.3, -0.25) is 9.20 Å². The van der Waals surface area contributed by atoms with E-state index in [0.29, 0.717) is 4.88 Å². The lowest BCUT2D eigenvalue weighted by Crippen LogP contribution is -1.82. The molecule has 16 heavy (non-hydrogen) atoms. The second kappa shape index (κ2) is 4.05. The van der Waals surface area contributed by atoms with Crippen LogP contribution in [0.25, 0.3) is 16.0 Å². The van der Waals surface area contributed by atoms with Gasteiger partial charge < -0.3 is 0 Å². The molecular formula is C10H6Cl2N2OS. The van der Waals surface area contributed by atoms with Crippen molar-refractivity contribution in [3.05, 3.63) is 35.3 Å². The molecule has 2 aromatic heterocycles. The summed E-state index contributed by atoms with van der Waals surface area (Å²) in [6, 6.07) is 7.78. The first-order chi connectivity index (χ1) is 7.25. The van der Waals surface area contributed by atoms with E-state index >= 15 is 0 Å². The Labute approximate surface area is 106 Å². The quantitative estimate of drug-likeness (QED) is 0.637. The summed E-state index contributed by atoms with van der Waals surface area (Å²) in [5, 5.41) is -0.436. The van der Waals surface area contributed by atoms with Crippen LogP contribution in [0.2, 0.25) is 0 Å². The number of rotatable bonds is 1. The number of carbonyl (C=O) groups excluding carboxylic acids is 1. The minimum Gasteiger partial charge on any atom is -0.289 e. The lowest BCUT2D eigenvalue weighted by Gasteiger charge is -1.87. The van der Waals surface area contributed by atoms with Gasteiger partial charge in [-0.1, -0.05) is 23.5 Å². The normalized spacial score (nSPS) is 10.6. The highest BCUT2D eigenvalue weighted by molar-refractivity contribution is 7.20. The topological polar surface area (TPSA) is 34.4 Å². The Morgan fingerprint density at radius 3 is 2.88 bits per heavy atom. The zero-order valence-corrected chi connectivity index (χ0v) is 10.3. The molecule has 0 saturated heterocycles. The van der Waals surface area contributed by atoms with Gasteiger partial charge in [-0.2, -0.15) is 0 Å². The Bertz CT molecular complexity index is 674. The predicted molar refractivity (Wildman–Crippen MR) is 68.0 cm³/mol. The number of nitrogens with zero attached hydrogens (tertiary/aromatic N) is 2. The first-order valence-electron chi connectivity index (χ1n) is 4.32. The number of hydrogen-bond acceptors (Lipinski definition) is 3. The molecule has 0 bridgehead atoms. The van der Waals surface area contributed by atoms with E-state index in [0.717, 1.165) is 16.0 Å². The number of imidazole rings is 1. The predicted octanol–water partition coefficient (Wildman–Crippen LogP) is 3.35. The molecule has 1 aromatic carbocycles. The van der Waals surface area contributed by atoms with Gasteiger partial charge in [0.15, 0.2) is 4.96 Å². The summed E-state index contributed by atoms with van der Waals surface area (Å²) in [5.74, 6) is 0. The largest absolute Gasteiger partial charge is 0.289 e. The lowest BCUT2D eigenvalue weighted by atomic mass is 10.3. The zero-order chi connectivity index (χ0) is 10.4. The average Bonchev–Trinajstić information content (AvgIpc) is 2.73. The third kappa shape index (κ3) is 1.59. The van der Waals surface area contributed by atoms with E-state index in [2.05, 4.69) is 4.98 Å². The minimum atomic E-state index is -0.436. The number of carbonyl (C=O) groups is 1. The van der Waals surface area contributed by atoms with Gasteiger partial charge in [0.05, 0.1) is 11.0 Å². The average molecular weight is 273 g/mol. The van der Waals surface area contributed by atoms with E-state index in [1.54, 1.807) is 6.20 Å². The van der Waals surface area contributed by atoms with Crippen molar-refractivity contribution in [2.75, 3.05) is 0 Å². The first-order valence-corrected chi connectivity index (χ1v) is 5.51. The number of para-hydroxylation sites is 2. The highest BCUT2D eigenvalue weighted by atomic mass is 35.5. The van der Waals surface area contributed by atoms with Gasteiger partial charge in [-0.25, -0.2) is 4.98 Å². The van der Waals surface area contributed by atoms with E-state index in [1.807, 2.05) is 28.7 Å². The highest BCUT2D eigenvalue weighted by Gasteiger charge is 2.11. The highest BCUT2D eigenvalue weighted by Crippen LogP contribution is 2.24. The number of thiazole rings is 1. The number of halogens is 2. The van der Waals surface area contributed by atoms with Crippen LogP contribution in [0.1, 0.15) is 9.67 Å². The van der Waals surface area contributed by atoms with Crippen LogP contribution < -0.4 is 0 Å². The molecule has 0 aliphatic rings. The number of benzene rings is 1. The fourth-order valence-electron chi connectivity index (χ4n) is 1.55. The van der Waals surface area contributed by atoms with Gasteiger partial charge in [0.2, 0.25) is 0 Å². The summed E-state index contributed by atoms with van der Waals surface area (Å²) >= 11 is 6.71. The van der Waals surface area contributed by atoms with Crippen LogP contribution >= 0.6 is 35.3 Å². The molecule has 6 heteroatoms. The van der Waals surface area contributed by atoms with Crippen LogP contribution in [0.3, 0.4) is 0 Å². The van der Waals surface area contributed by atoms with Crippen LogP contribution in [0, 0.1) is 0 Å². The van der Waals surface area contributed by atoms with E-state index in [1.165, 1.54) is 11.3 Å². The molecule has 82 valence electrons. The molecule has 0 N–H and O–H groups in total. The van der Waals surface area contributed by atoms with Crippen molar-refractivity contribution in [1.82, 2.24) is 9.38 Å². The Balaban J connectivity index is 0.000000963. The lowest BCUT2D eigenvalue weighted by molar-refractivity contribution is 0.108. The van der Waals surface area contributed by atoms with Gasteiger partial charge >= 0.3 is 0 Å². The van der Waals surface area contributed by atoms with Crippen molar-refractivity contribution in [2.24, 2.45) is 0 Å². The Morgan fingerprint density at radius 2 is 2.12 bits per heavy atom. The standard InChI is InChI=1S/C10H5ClN2OS.ClH/c11-9(14)8-5-13-7-4-2-1-3-6(7)12-10(13)15-8;/h1-5H;1H. The number of fused-ring (bicyclic) bond motifs is 3. The van der Waals surface area contributed by atoms with Crippen LogP contribution in [-0.2, 0) is 0 Å². The van der Waals surface area contributed by atoms with Crippen molar-refractivity contribution in [3.63, 3.8) is 0 Å². The van der Waals surface area contributed by atoms with Gasteiger partial charge in [-0.15, -0.1) is 12.4 Å². The first kappa shape index (κ1) is 11.4. The van der Waals surface area contributed by atoms with Crippen molar-refractivity contribution < 1.29 is 4.79 Å². The second-order valence-electron chi connectivity index (χ2n) is 3.12. The molecule has 2 heterocycles. The molecule has 0 spiro atoms. The second-order valence-corrected chi connectivity index (χ2v) is 4.47. The molecule has 0 atom stereocenters. The van der Waals surface area contributed by atoms with Gasteiger partial charge in [-0.05, 0) is 23.7 Å². The Kier molecular flexibility index (Phi) is 2.88. The Hall–Kier alpha value is -1.10. The van der Waals surface area contributed by atoms with Gasteiger partial charge in [0.1, 0.15) is 4.88 Å². The molecule has 3 aromatic rings. The molecule has 0 aliphatic carbocycles. The molecule has 0 saturated carbocycles. The number of hydrogen-bond donors (Lipinski definition) is 0.